The fraction of sp³-hybridized carbons (Fsp3) is 0.133. The van der Waals surface area contributed by atoms with Gasteiger partial charge in [-0.05, 0) is 77.7 Å². The van der Waals surface area contributed by atoms with Crippen molar-refractivity contribution in [3.63, 3.8) is 0 Å². The molecule has 4 aromatic carbocycles. The molecule has 0 atom stereocenters. The maximum Gasteiger partial charge on any atom is 0.266 e. The van der Waals surface area contributed by atoms with Gasteiger partial charge in [0, 0.05) is 10.7 Å². The van der Waals surface area contributed by atoms with E-state index < -0.39 is 5.91 Å². The lowest BCUT2D eigenvalue weighted by Crippen LogP contribution is -2.14. The molecule has 180 valence electrons. The molecule has 0 unspecified atom stereocenters. The first-order valence-corrected chi connectivity index (χ1v) is 11.9. The first-order valence-electron chi connectivity index (χ1n) is 11.5. The lowest BCUT2D eigenvalue weighted by atomic mass is 10.1. The topological polar surface area (TPSA) is 71.3 Å². The Labute approximate surface area is 215 Å². The van der Waals surface area contributed by atoms with Gasteiger partial charge in [-0.15, -0.1) is 0 Å². The molecule has 0 aliphatic carbocycles. The minimum absolute atomic E-state index is 0.0401. The van der Waals surface area contributed by atoms with E-state index in [0.717, 1.165) is 16.5 Å². The summed E-state index contributed by atoms with van der Waals surface area (Å²) in [5.74, 6) is 0.604. The highest BCUT2D eigenvalue weighted by Gasteiger charge is 2.13. The molecule has 0 saturated heterocycles. The van der Waals surface area contributed by atoms with Crippen molar-refractivity contribution in [3.05, 3.63) is 106 Å². The second-order valence-corrected chi connectivity index (χ2v) is 8.63. The van der Waals surface area contributed by atoms with Crippen molar-refractivity contribution < 1.29 is 14.3 Å². The summed E-state index contributed by atoms with van der Waals surface area (Å²) in [7, 11) is 0. The largest absolute Gasteiger partial charge is 0.490 e. The lowest BCUT2D eigenvalue weighted by molar-refractivity contribution is -0.112. The monoisotopic (exact) mass is 496 g/mol. The van der Waals surface area contributed by atoms with E-state index in [1.807, 2.05) is 38.1 Å². The number of hydrogen-bond donors (Lipinski definition) is 1. The zero-order chi connectivity index (χ0) is 25.5. The summed E-state index contributed by atoms with van der Waals surface area (Å²) >= 11 is 6.04. The molecule has 0 heterocycles. The predicted molar refractivity (Wildman–Crippen MR) is 144 cm³/mol. The normalized spacial score (nSPS) is 11.1. The van der Waals surface area contributed by atoms with Crippen LogP contribution in [0.15, 0.2) is 84.4 Å². The Balaban J connectivity index is 1.52. The molecule has 0 bridgehead atoms. The van der Waals surface area contributed by atoms with E-state index in [1.54, 1.807) is 36.4 Å². The van der Waals surface area contributed by atoms with Gasteiger partial charge in [0.15, 0.2) is 11.5 Å². The van der Waals surface area contributed by atoms with Crippen LogP contribution in [0.25, 0.3) is 16.8 Å². The molecule has 1 amide bonds. The molecule has 4 rings (SSSR count). The number of nitrogens with one attached hydrogen (secondary N) is 1. The van der Waals surface area contributed by atoms with E-state index in [0.29, 0.717) is 41.0 Å². The molecule has 6 heteroatoms. The zero-order valence-electron chi connectivity index (χ0n) is 20.0. The first kappa shape index (κ1) is 24.8. The Hall–Kier alpha value is -4.27. The summed E-state index contributed by atoms with van der Waals surface area (Å²) in [4.78, 5) is 12.7. The Morgan fingerprint density at radius 1 is 0.972 bits per heavy atom. The van der Waals surface area contributed by atoms with E-state index in [2.05, 4.69) is 29.6 Å². The number of hydrogen-bond acceptors (Lipinski definition) is 4. The van der Waals surface area contributed by atoms with Gasteiger partial charge in [0.25, 0.3) is 5.91 Å². The van der Waals surface area contributed by atoms with Crippen LogP contribution >= 0.6 is 11.6 Å². The average Bonchev–Trinajstić information content (AvgIpc) is 2.89. The first-order chi connectivity index (χ1) is 17.5. The van der Waals surface area contributed by atoms with Gasteiger partial charge in [0.05, 0.1) is 6.61 Å². The maximum absolute atomic E-state index is 12.7. The van der Waals surface area contributed by atoms with Crippen molar-refractivity contribution in [2.75, 3.05) is 11.9 Å². The minimum Gasteiger partial charge on any atom is -0.490 e. The van der Waals surface area contributed by atoms with Crippen molar-refractivity contribution >= 4 is 40.0 Å². The predicted octanol–water partition coefficient (Wildman–Crippen LogP) is 7.33. The van der Waals surface area contributed by atoms with Crippen LogP contribution in [-0.2, 0) is 11.4 Å². The summed E-state index contributed by atoms with van der Waals surface area (Å²) in [5, 5.41) is 15.2. The number of nitriles is 1. The van der Waals surface area contributed by atoms with Gasteiger partial charge < -0.3 is 14.8 Å². The number of nitrogens with zero attached hydrogens (tertiary/aromatic N) is 1. The summed E-state index contributed by atoms with van der Waals surface area (Å²) in [6, 6.07) is 26.9. The number of carbonyl (C=O) groups excluding carboxylic acids is 1. The molecule has 0 aliphatic heterocycles. The van der Waals surface area contributed by atoms with Crippen LogP contribution in [0.3, 0.4) is 0 Å². The molecule has 1 N–H and O–H groups in total. The molecule has 0 spiro atoms. The number of benzene rings is 4. The number of halogens is 1. The number of fused-ring (bicyclic) bond motifs is 1. The smallest absolute Gasteiger partial charge is 0.266 e. The molecular formula is C30H25ClN2O3. The van der Waals surface area contributed by atoms with E-state index in [-0.39, 0.29) is 5.57 Å². The Bertz CT molecular complexity index is 1490. The molecule has 0 saturated carbocycles. The third-order valence-electron chi connectivity index (χ3n) is 5.60. The number of ether oxygens (including phenoxy) is 2. The van der Waals surface area contributed by atoms with Crippen molar-refractivity contribution in [2.45, 2.75) is 20.5 Å². The second kappa shape index (κ2) is 11.4. The molecule has 4 aromatic rings. The van der Waals surface area contributed by atoms with Gasteiger partial charge in [-0.3, -0.25) is 4.79 Å². The maximum atomic E-state index is 12.7. The summed E-state index contributed by atoms with van der Waals surface area (Å²) < 4.78 is 11.8. The number of aryl methyl sites for hydroxylation is 1. The quantitative estimate of drug-likeness (QED) is 0.205. The van der Waals surface area contributed by atoms with Crippen molar-refractivity contribution in [1.82, 2.24) is 0 Å². The minimum atomic E-state index is -0.516. The molecule has 0 aromatic heterocycles. The molecule has 0 aliphatic rings. The van der Waals surface area contributed by atoms with Gasteiger partial charge in [0.1, 0.15) is 18.2 Å². The van der Waals surface area contributed by atoms with E-state index in [9.17, 15) is 10.1 Å². The van der Waals surface area contributed by atoms with Crippen LogP contribution < -0.4 is 14.8 Å². The highest BCUT2D eigenvalue weighted by molar-refractivity contribution is 6.31. The summed E-state index contributed by atoms with van der Waals surface area (Å²) in [6.45, 7) is 4.56. The van der Waals surface area contributed by atoms with Crippen LogP contribution in [0.5, 0.6) is 11.5 Å². The number of amides is 1. The van der Waals surface area contributed by atoms with Gasteiger partial charge in [-0.2, -0.15) is 5.26 Å². The van der Waals surface area contributed by atoms with Crippen LogP contribution in [0.1, 0.15) is 23.6 Å². The molecule has 36 heavy (non-hydrogen) atoms. The number of rotatable bonds is 8. The lowest BCUT2D eigenvalue weighted by Gasteiger charge is -2.13. The van der Waals surface area contributed by atoms with Crippen LogP contribution in [0.4, 0.5) is 5.69 Å². The van der Waals surface area contributed by atoms with E-state index in [1.165, 1.54) is 11.5 Å². The number of anilines is 1. The Morgan fingerprint density at radius 2 is 1.78 bits per heavy atom. The van der Waals surface area contributed by atoms with E-state index >= 15 is 0 Å². The fourth-order valence-electron chi connectivity index (χ4n) is 3.73. The molecule has 5 nitrogen and oxygen atoms in total. The SMILES string of the molecule is CCOc1cc(/C=C(\C#N)C(=O)Nc2cc(Cl)ccc2C)ccc1OCc1ccc2ccccc2c1. The van der Waals surface area contributed by atoms with Crippen LogP contribution in [0, 0.1) is 18.3 Å². The second-order valence-electron chi connectivity index (χ2n) is 8.19. The summed E-state index contributed by atoms with van der Waals surface area (Å²) in [5.41, 5.74) is 3.05. The van der Waals surface area contributed by atoms with Crippen molar-refractivity contribution in [3.8, 4) is 17.6 Å². The third kappa shape index (κ3) is 6.04. The van der Waals surface area contributed by atoms with Crippen LogP contribution in [-0.4, -0.2) is 12.5 Å². The zero-order valence-corrected chi connectivity index (χ0v) is 20.8. The van der Waals surface area contributed by atoms with Crippen molar-refractivity contribution in [2.24, 2.45) is 0 Å². The standard InChI is InChI=1S/C30H25ClN2O3/c1-3-35-29-16-21(14-25(18-32)30(34)33-27-17-26(31)12-8-20(27)2)10-13-28(29)36-19-22-9-11-23-6-4-5-7-24(23)15-22/h4-17H,3,19H2,1-2H3,(H,33,34)/b25-14+. The van der Waals surface area contributed by atoms with Crippen molar-refractivity contribution in [1.29, 1.82) is 5.26 Å². The molecule has 0 radical (unpaired) electrons. The highest BCUT2D eigenvalue weighted by Crippen LogP contribution is 2.31. The Morgan fingerprint density at radius 3 is 2.56 bits per heavy atom. The van der Waals surface area contributed by atoms with E-state index in [4.69, 9.17) is 21.1 Å². The summed E-state index contributed by atoms with van der Waals surface area (Å²) in [6.07, 6.45) is 1.52. The van der Waals surface area contributed by atoms with Gasteiger partial charge >= 0.3 is 0 Å². The Kier molecular flexibility index (Phi) is 7.89. The number of carbonyl (C=O) groups is 1. The molecular weight excluding hydrogens is 472 g/mol. The fourth-order valence-corrected chi connectivity index (χ4v) is 3.90. The molecule has 0 fully saturated rings. The third-order valence-corrected chi connectivity index (χ3v) is 5.83. The highest BCUT2D eigenvalue weighted by atomic mass is 35.5. The average molecular weight is 497 g/mol. The van der Waals surface area contributed by atoms with Gasteiger partial charge in [0.2, 0.25) is 0 Å². The van der Waals surface area contributed by atoms with Gasteiger partial charge in [-0.25, -0.2) is 0 Å². The van der Waals surface area contributed by atoms with Crippen LogP contribution in [0.2, 0.25) is 5.02 Å². The van der Waals surface area contributed by atoms with Gasteiger partial charge in [-0.1, -0.05) is 60.1 Å².